The summed E-state index contributed by atoms with van der Waals surface area (Å²) in [7, 11) is 0. The van der Waals surface area contributed by atoms with Gasteiger partial charge in [-0.15, -0.1) is 0 Å². The Bertz CT molecular complexity index is 3970. The first-order valence-electron chi connectivity index (χ1n) is 22.7. The summed E-state index contributed by atoms with van der Waals surface area (Å²) in [6, 6.07) is 69.4. The molecule has 0 fully saturated rings. The van der Waals surface area contributed by atoms with Gasteiger partial charge in [0.25, 0.3) is 0 Å². The highest BCUT2D eigenvalue weighted by molar-refractivity contribution is 6.16. The number of allylic oxidation sites excluding steroid dienone is 5. The third-order valence-corrected chi connectivity index (χ3v) is 14.0. The van der Waals surface area contributed by atoms with Crippen molar-refractivity contribution < 1.29 is 4.42 Å². The van der Waals surface area contributed by atoms with Crippen LogP contribution in [0.4, 0.5) is 0 Å². The number of hydrogen-bond acceptors (Lipinski definition) is 3. The molecule has 0 saturated carbocycles. The minimum absolute atomic E-state index is 0.157. The molecule has 4 nitrogen and oxygen atoms in total. The molecule has 2 unspecified atom stereocenters. The Kier molecular flexibility index (Phi) is 8.07. The minimum atomic E-state index is 0.157. The normalized spacial score (nSPS) is 15.5. The Labute approximate surface area is 380 Å². The molecule has 0 saturated heterocycles. The van der Waals surface area contributed by atoms with Crippen LogP contribution in [0.15, 0.2) is 223 Å². The Hall–Kier alpha value is -8.60. The Balaban J connectivity index is 1.02. The van der Waals surface area contributed by atoms with Crippen LogP contribution in [-0.2, 0) is 0 Å². The monoisotopic (exact) mass is 841 g/mol. The van der Waals surface area contributed by atoms with Crippen LogP contribution in [0.25, 0.3) is 116 Å². The van der Waals surface area contributed by atoms with Gasteiger partial charge in [0, 0.05) is 44.7 Å². The third kappa shape index (κ3) is 5.65. The van der Waals surface area contributed by atoms with E-state index < -0.39 is 0 Å². The van der Waals surface area contributed by atoms with Gasteiger partial charge < -0.3 is 8.98 Å². The zero-order valence-corrected chi connectivity index (χ0v) is 35.8. The number of aromatic nitrogens is 3. The second-order valence-electron chi connectivity index (χ2n) is 17.6. The Morgan fingerprint density at radius 2 is 1.08 bits per heavy atom. The van der Waals surface area contributed by atoms with Gasteiger partial charge in [-0.25, -0.2) is 9.97 Å². The van der Waals surface area contributed by atoms with Gasteiger partial charge in [-0.3, -0.25) is 0 Å². The summed E-state index contributed by atoms with van der Waals surface area (Å²) in [5.74, 6) is 1.01. The van der Waals surface area contributed by atoms with Gasteiger partial charge in [-0.1, -0.05) is 182 Å². The van der Waals surface area contributed by atoms with Crippen molar-refractivity contribution in [2.24, 2.45) is 5.92 Å². The van der Waals surface area contributed by atoms with Gasteiger partial charge in [0.05, 0.1) is 28.3 Å². The summed E-state index contributed by atoms with van der Waals surface area (Å²) in [5, 5.41) is 10.5. The Morgan fingerprint density at radius 1 is 0.455 bits per heavy atom. The second-order valence-corrected chi connectivity index (χ2v) is 17.6. The average Bonchev–Trinajstić information content (AvgIpc) is 3.95. The van der Waals surface area contributed by atoms with Gasteiger partial charge >= 0.3 is 0 Å². The predicted octanol–water partition coefficient (Wildman–Crippen LogP) is 16.2. The van der Waals surface area contributed by atoms with Crippen LogP contribution in [0.5, 0.6) is 0 Å². The van der Waals surface area contributed by atoms with Crippen LogP contribution in [0.2, 0.25) is 0 Å². The van der Waals surface area contributed by atoms with E-state index in [0.29, 0.717) is 5.82 Å². The number of rotatable bonds is 5. The van der Waals surface area contributed by atoms with Crippen molar-refractivity contribution in [1.29, 1.82) is 0 Å². The fourth-order valence-electron chi connectivity index (χ4n) is 10.9. The molecule has 308 valence electrons. The standard InChI is InChI=1S/C62H39N3O/c1-2-16-40(17-3-1)51-36-56-60(48-23-11-10-22-47(48)51)59-46-21-9-8-18-41(46)32-33-54(59)65(56)55-26-12-24-49-58-50(25-13-27-57(58)66-61(49)55)62-63-52(44-30-28-38-14-4-6-19-42(38)34-44)37-53(64-62)45-31-29-39-15-5-7-20-43(39)35-45/h1-37,47-48H. The second kappa shape index (κ2) is 14.5. The molecular weight excluding hydrogens is 803 g/mol. The van der Waals surface area contributed by atoms with Crippen LogP contribution in [0.1, 0.15) is 22.7 Å². The van der Waals surface area contributed by atoms with Gasteiger partial charge in [0.15, 0.2) is 11.4 Å². The summed E-state index contributed by atoms with van der Waals surface area (Å²) in [4.78, 5) is 10.8. The fraction of sp³-hybridized carbons (Fsp3) is 0.0323. The number of nitrogens with zero attached hydrogens (tertiary/aromatic N) is 3. The molecule has 4 heteroatoms. The van der Waals surface area contributed by atoms with E-state index in [-0.39, 0.29) is 11.8 Å². The molecule has 0 aliphatic heterocycles. The van der Waals surface area contributed by atoms with Crippen LogP contribution in [0.3, 0.4) is 0 Å². The van der Waals surface area contributed by atoms with Crippen LogP contribution < -0.4 is 0 Å². The van der Waals surface area contributed by atoms with Gasteiger partial charge in [0.2, 0.25) is 0 Å². The molecule has 9 aromatic carbocycles. The molecule has 0 N–H and O–H groups in total. The third-order valence-electron chi connectivity index (χ3n) is 14.0. The quantitative estimate of drug-likeness (QED) is 0.173. The number of fused-ring (bicyclic) bond motifs is 12. The SMILES string of the molecule is C1=CC2C(c3ccccc3)=Cc3c(c4c5ccccc5ccc4n3-c3cccc4c3oc3cccc(-c5nc(-c6ccc7ccccc7c6)cc(-c6ccc7ccccc7c6)n5)c34)C2C=C1. The van der Waals surface area contributed by atoms with Crippen LogP contribution in [-0.4, -0.2) is 14.5 Å². The maximum Gasteiger partial charge on any atom is 0.161 e. The summed E-state index contributed by atoms with van der Waals surface area (Å²) in [6.07, 6.45) is 11.6. The molecule has 12 aromatic rings. The highest BCUT2D eigenvalue weighted by Gasteiger charge is 2.36. The van der Waals surface area contributed by atoms with Crippen LogP contribution >= 0.6 is 0 Å². The molecule has 3 aromatic heterocycles. The molecule has 66 heavy (non-hydrogen) atoms. The first-order valence-corrected chi connectivity index (χ1v) is 22.7. The summed E-state index contributed by atoms with van der Waals surface area (Å²) < 4.78 is 9.58. The molecule has 2 aliphatic carbocycles. The van der Waals surface area contributed by atoms with E-state index in [4.69, 9.17) is 14.4 Å². The summed E-state index contributed by atoms with van der Waals surface area (Å²) in [6.45, 7) is 0. The maximum atomic E-state index is 7.12. The first kappa shape index (κ1) is 36.8. The van der Waals surface area contributed by atoms with E-state index in [1.807, 2.05) is 0 Å². The van der Waals surface area contributed by atoms with Crippen molar-refractivity contribution >= 4 is 76.8 Å². The largest absolute Gasteiger partial charge is 0.454 e. The Morgan fingerprint density at radius 3 is 1.82 bits per heavy atom. The van der Waals surface area contributed by atoms with E-state index >= 15 is 0 Å². The van der Waals surface area contributed by atoms with Gasteiger partial charge in [0.1, 0.15) is 5.58 Å². The lowest BCUT2D eigenvalue weighted by Gasteiger charge is -2.32. The molecule has 2 atom stereocenters. The predicted molar refractivity (Wildman–Crippen MR) is 274 cm³/mol. The van der Waals surface area contributed by atoms with Crippen molar-refractivity contribution in [2.45, 2.75) is 5.92 Å². The topological polar surface area (TPSA) is 43.9 Å². The molecule has 14 rings (SSSR count). The van der Waals surface area contributed by atoms with E-state index in [1.165, 1.54) is 60.1 Å². The lowest BCUT2D eigenvalue weighted by Crippen LogP contribution is -2.18. The molecule has 3 heterocycles. The lowest BCUT2D eigenvalue weighted by molar-refractivity contribution is 0.665. The van der Waals surface area contributed by atoms with Crippen LogP contribution in [0, 0.1) is 5.92 Å². The van der Waals surface area contributed by atoms with E-state index in [0.717, 1.165) is 61.2 Å². The van der Waals surface area contributed by atoms with Crippen molar-refractivity contribution in [1.82, 2.24) is 14.5 Å². The number of benzene rings is 9. The highest BCUT2D eigenvalue weighted by atomic mass is 16.3. The molecule has 0 amide bonds. The van der Waals surface area contributed by atoms with Gasteiger partial charge in [-0.05, 0) is 91.5 Å². The lowest BCUT2D eigenvalue weighted by atomic mass is 9.72. The van der Waals surface area contributed by atoms with E-state index in [9.17, 15) is 0 Å². The molecular formula is C62H39N3O. The zero-order chi connectivity index (χ0) is 43.3. The highest BCUT2D eigenvalue weighted by Crippen LogP contribution is 2.52. The van der Waals surface area contributed by atoms with Crippen molar-refractivity contribution in [3.63, 3.8) is 0 Å². The number of furan rings is 1. The summed E-state index contributed by atoms with van der Waals surface area (Å²) in [5.41, 5.74) is 13.6. The van der Waals surface area contributed by atoms with Gasteiger partial charge in [-0.2, -0.15) is 0 Å². The minimum Gasteiger partial charge on any atom is -0.454 e. The molecule has 0 bridgehead atoms. The van der Waals surface area contributed by atoms with Crippen molar-refractivity contribution in [2.75, 3.05) is 0 Å². The fourth-order valence-corrected chi connectivity index (χ4v) is 10.9. The maximum absolute atomic E-state index is 7.12. The van der Waals surface area contributed by atoms with Crippen molar-refractivity contribution in [3.05, 3.63) is 235 Å². The first-order chi connectivity index (χ1) is 32.7. The smallest absolute Gasteiger partial charge is 0.161 e. The number of hydrogen-bond donors (Lipinski definition) is 0. The number of para-hydroxylation sites is 1. The molecule has 0 spiro atoms. The zero-order valence-electron chi connectivity index (χ0n) is 35.8. The van der Waals surface area contributed by atoms with E-state index in [2.05, 4.69) is 229 Å². The summed E-state index contributed by atoms with van der Waals surface area (Å²) >= 11 is 0. The van der Waals surface area contributed by atoms with Crippen molar-refractivity contribution in [3.8, 4) is 39.6 Å². The molecule has 2 aliphatic rings. The average molecular weight is 842 g/mol. The van der Waals surface area contributed by atoms with E-state index in [1.54, 1.807) is 0 Å². The molecule has 0 radical (unpaired) electrons.